The van der Waals surface area contributed by atoms with Crippen LogP contribution in [-0.4, -0.2) is 49.2 Å². The summed E-state index contributed by atoms with van der Waals surface area (Å²) in [5.41, 5.74) is 0. The first-order valence-corrected chi connectivity index (χ1v) is 5.84. The minimum Gasteiger partial charge on any atom is -0.383 e. The van der Waals surface area contributed by atoms with Crippen molar-refractivity contribution in [2.24, 2.45) is 0 Å². The second-order valence-electron chi connectivity index (χ2n) is 4.06. The van der Waals surface area contributed by atoms with Gasteiger partial charge < -0.3 is 19.4 Å². The van der Waals surface area contributed by atoms with E-state index in [0.29, 0.717) is 12.6 Å². The molecule has 1 rings (SSSR count). The fraction of sp³-hybridized carbons (Fsp3) is 0.727. The topological polar surface area (TPSA) is 48.3 Å². The minimum absolute atomic E-state index is 0.0367. The minimum atomic E-state index is -4.29. The summed E-state index contributed by atoms with van der Waals surface area (Å²) in [6.45, 7) is 1.47. The van der Waals surface area contributed by atoms with Crippen molar-refractivity contribution in [1.29, 1.82) is 0 Å². The first kappa shape index (κ1) is 15.8. The number of rotatable bonds is 8. The van der Waals surface area contributed by atoms with Crippen molar-refractivity contribution in [2.75, 3.05) is 38.8 Å². The van der Waals surface area contributed by atoms with Gasteiger partial charge in [0.05, 0.1) is 19.3 Å². The Bertz CT molecular complexity index is 368. The lowest BCUT2D eigenvalue weighted by molar-refractivity contribution is -0.172. The number of methoxy groups -OCH3 is 1. The highest BCUT2D eigenvalue weighted by molar-refractivity contribution is 5.26. The van der Waals surface area contributed by atoms with Crippen LogP contribution in [0.15, 0.2) is 12.4 Å². The zero-order valence-electron chi connectivity index (χ0n) is 10.9. The normalized spacial score (nSPS) is 13.5. The smallest absolute Gasteiger partial charge is 0.383 e. The Morgan fingerprint density at radius 3 is 2.84 bits per heavy atom. The van der Waals surface area contributed by atoms with Gasteiger partial charge in [0, 0.05) is 26.0 Å². The first-order valence-electron chi connectivity index (χ1n) is 5.84. The van der Waals surface area contributed by atoms with Gasteiger partial charge in [0.15, 0.2) is 0 Å². The molecule has 0 spiro atoms. The maximum atomic E-state index is 11.8. The summed E-state index contributed by atoms with van der Waals surface area (Å²) >= 11 is 0. The van der Waals surface area contributed by atoms with E-state index in [1.54, 1.807) is 19.5 Å². The van der Waals surface area contributed by atoms with Crippen molar-refractivity contribution in [3.8, 4) is 0 Å². The van der Waals surface area contributed by atoms with Crippen molar-refractivity contribution in [3.63, 3.8) is 0 Å². The highest BCUT2D eigenvalue weighted by atomic mass is 19.4. The molecular weight excluding hydrogens is 263 g/mol. The third-order valence-corrected chi connectivity index (χ3v) is 2.35. The molecule has 0 aliphatic rings. The zero-order valence-corrected chi connectivity index (χ0v) is 10.9. The number of alkyl halides is 3. The van der Waals surface area contributed by atoms with Gasteiger partial charge in [-0.3, -0.25) is 0 Å². The van der Waals surface area contributed by atoms with Gasteiger partial charge in [0.1, 0.15) is 6.61 Å². The quantitative estimate of drug-likeness (QED) is 0.741. The standard InChI is InChI=1S/C11H18F3N3O2/c1-9(7-18-2)17-5-3-15-10(17)16-4-6-19-8-11(12,13)14/h3,5,9H,4,6-8H2,1-2H3,(H,15,16). The van der Waals surface area contributed by atoms with Gasteiger partial charge in [-0.2, -0.15) is 13.2 Å². The SMILES string of the molecule is COCC(C)n1ccnc1NCCOCC(F)(F)F. The third-order valence-electron chi connectivity index (χ3n) is 2.35. The van der Waals surface area contributed by atoms with E-state index >= 15 is 0 Å². The highest BCUT2D eigenvalue weighted by Gasteiger charge is 2.27. The number of imidazole rings is 1. The van der Waals surface area contributed by atoms with Crippen LogP contribution < -0.4 is 5.32 Å². The molecule has 1 aromatic rings. The third kappa shape index (κ3) is 5.93. The van der Waals surface area contributed by atoms with Gasteiger partial charge in [0.25, 0.3) is 0 Å². The van der Waals surface area contributed by atoms with Crippen LogP contribution in [0.25, 0.3) is 0 Å². The molecule has 110 valence electrons. The molecule has 0 aliphatic heterocycles. The number of nitrogens with one attached hydrogen (secondary N) is 1. The lowest BCUT2D eigenvalue weighted by Crippen LogP contribution is -2.21. The fourth-order valence-electron chi connectivity index (χ4n) is 1.55. The predicted octanol–water partition coefficient (Wildman–Crippen LogP) is 2.08. The van der Waals surface area contributed by atoms with E-state index < -0.39 is 12.8 Å². The summed E-state index contributed by atoms with van der Waals surface area (Å²) < 4.78 is 46.9. The molecule has 1 unspecified atom stereocenters. The lowest BCUT2D eigenvalue weighted by atomic mass is 10.3. The summed E-state index contributed by atoms with van der Waals surface area (Å²) in [5, 5.41) is 2.92. The second-order valence-corrected chi connectivity index (χ2v) is 4.06. The molecule has 1 heterocycles. The summed E-state index contributed by atoms with van der Waals surface area (Å²) in [4.78, 5) is 4.08. The summed E-state index contributed by atoms with van der Waals surface area (Å²) in [6, 6.07) is 0.0890. The van der Waals surface area contributed by atoms with Gasteiger partial charge in [-0.15, -0.1) is 0 Å². The van der Waals surface area contributed by atoms with Gasteiger partial charge >= 0.3 is 6.18 Å². The van der Waals surface area contributed by atoms with E-state index in [-0.39, 0.29) is 19.2 Å². The van der Waals surface area contributed by atoms with E-state index in [2.05, 4.69) is 15.0 Å². The number of aromatic nitrogens is 2. The number of hydrogen-bond acceptors (Lipinski definition) is 4. The first-order chi connectivity index (χ1) is 8.94. The Kier molecular flexibility index (Phi) is 6.10. The molecule has 0 saturated carbocycles. The average Bonchev–Trinajstić information content (AvgIpc) is 2.75. The molecule has 1 atom stereocenters. The maximum Gasteiger partial charge on any atom is 0.411 e. The number of ether oxygens (including phenoxy) is 2. The van der Waals surface area contributed by atoms with Crippen LogP contribution in [0.3, 0.4) is 0 Å². The fourth-order valence-corrected chi connectivity index (χ4v) is 1.55. The van der Waals surface area contributed by atoms with E-state index in [0.717, 1.165) is 0 Å². The van der Waals surface area contributed by atoms with Crippen LogP contribution in [0.2, 0.25) is 0 Å². The molecular formula is C11H18F3N3O2. The van der Waals surface area contributed by atoms with Crippen molar-refractivity contribution in [1.82, 2.24) is 9.55 Å². The second kappa shape index (κ2) is 7.34. The van der Waals surface area contributed by atoms with E-state index in [4.69, 9.17) is 4.74 Å². The predicted molar refractivity (Wildman–Crippen MR) is 64.2 cm³/mol. The summed E-state index contributed by atoms with van der Waals surface area (Å²) in [7, 11) is 1.60. The van der Waals surface area contributed by atoms with E-state index in [9.17, 15) is 13.2 Å². The van der Waals surface area contributed by atoms with Crippen molar-refractivity contribution in [2.45, 2.75) is 19.1 Å². The summed E-state index contributed by atoms with van der Waals surface area (Å²) in [5.74, 6) is 0.583. The Morgan fingerprint density at radius 1 is 1.47 bits per heavy atom. The number of anilines is 1. The zero-order chi connectivity index (χ0) is 14.3. The Hall–Kier alpha value is -1.28. The lowest BCUT2D eigenvalue weighted by Gasteiger charge is -2.16. The highest BCUT2D eigenvalue weighted by Crippen LogP contribution is 2.15. The molecule has 0 radical (unpaired) electrons. The van der Waals surface area contributed by atoms with Crippen LogP contribution in [-0.2, 0) is 9.47 Å². The number of halogens is 3. The molecule has 0 saturated heterocycles. The molecule has 8 heteroatoms. The Labute approximate surface area is 109 Å². The van der Waals surface area contributed by atoms with Crippen LogP contribution in [0.5, 0.6) is 0 Å². The Balaban J connectivity index is 2.32. The maximum absolute atomic E-state index is 11.8. The number of hydrogen-bond donors (Lipinski definition) is 1. The van der Waals surface area contributed by atoms with Crippen molar-refractivity contribution >= 4 is 5.95 Å². The molecule has 1 N–H and O–H groups in total. The largest absolute Gasteiger partial charge is 0.411 e. The molecule has 5 nitrogen and oxygen atoms in total. The van der Waals surface area contributed by atoms with Crippen molar-refractivity contribution < 1.29 is 22.6 Å². The number of nitrogens with zero attached hydrogens (tertiary/aromatic N) is 2. The van der Waals surface area contributed by atoms with Crippen LogP contribution in [0, 0.1) is 0 Å². The summed E-state index contributed by atoms with van der Waals surface area (Å²) in [6.07, 6.45) is -0.890. The molecule has 0 aliphatic carbocycles. The molecule has 0 bridgehead atoms. The van der Waals surface area contributed by atoms with Gasteiger partial charge in [0.2, 0.25) is 5.95 Å². The van der Waals surface area contributed by atoms with Crippen LogP contribution >= 0.6 is 0 Å². The molecule has 1 aromatic heterocycles. The molecule has 0 fully saturated rings. The van der Waals surface area contributed by atoms with Gasteiger partial charge in [-0.05, 0) is 6.92 Å². The molecule has 19 heavy (non-hydrogen) atoms. The van der Waals surface area contributed by atoms with Crippen molar-refractivity contribution in [3.05, 3.63) is 12.4 Å². The average molecular weight is 281 g/mol. The van der Waals surface area contributed by atoms with Gasteiger partial charge in [-0.1, -0.05) is 0 Å². The van der Waals surface area contributed by atoms with E-state index in [1.165, 1.54) is 0 Å². The monoisotopic (exact) mass is 281 g/mol. The molecule has 0 amide bonds. The Morgan fingerprint density at radius 2 is 2.21 bits per heavy atom. The molecule has 0 aromatic carbocycles. The van der Waals surface area contributed by atoms with Crippen LogP contribution in [0.4, 0.5) is 19.1 Å². The van der Waals surface area contributed by atoms with Crippen LogP contribution in [0.1, 0.15) is 13.0 Å². The van der Waals surface area contributed by atoms with E-state index in [1.807, 2.05) is 11.5 Å². The van der Waals surface area contributed by atoms with Gasteiger partial charge in [-0.25, -0.2) is 4.98 Å².